The Kier molecular flexibility index (Phi) is 4.56. The van der Waals surface area contributed by atoms with Gasteiger partial charge in [0.25, 0.3) is 0 Å². The van der Waals surface area contributed by atoms with Crippen molar-refractivity contribution in [3.63, 3.8) is 0 Å². The summed E-state index contributed by atoms with van der Waals surface area (Å²) in [6.07, 6.45) is 5.23. The van der Waals surface area contributed by atoms with Gasteiger partial charge in [-0.25, -0.2) is 0 Å². The van der Waals surface area contributed by atoms with E-state index in [9.17, 15) is 0 Å². The predicted octanol–water partition coefficient (Wildman–Crippen LogP) is 4.13. The lowest BCUT2D eigenvalue weighted by atomic mass is 9.85. The second kappa shape index (κ2) is 6.23. The number of hydrogen-bond donors (Lipinski definition) is 1. The summed E-state index contributed by atoms with van der Waals surface area (Å²) in [4.78, 5) is 2.44. The largest absolute Gasteiger partial charge is 0.314 e. The SMILES string of the molecule is CN1CCCC(CNC2CC2)C1c1ccc(Cl)cc1Cl. The molecule has 0 aromatic heterocycles. The Morgan fingerprint density at radius 2 is 2.05 bits per heavy atom. The molecule has 0 bridgehead atoms. The Bertz CT molecular complexity index is 474. The first-order valence-corrected chi connectivity index (χ1v) is 8.29. The summed E-state index contributed by atoms with van der Waals surface area (Å²) in [5.41, 5.74) is 1.22. The van der Waals surface area contributed by atoms with Crippen LogP contribution in [0, 0.1) is 5.92 Å². The summed E-state index contributed by atoms with van der Waals surface area (Å²) in [7, 11) is 2.21. The molecule has 1 saturated heterocycles. The van der Waals surface area contributed by atoms with E-state index in [-0.39, 0.29) is 0 Å². The molecule has 1 aliphatic heterocycles. The number of halogens is 2. The molecule has 1 heterocycles. The predicted molar refractivity (Wildman–Crippen MR) is 85.6 cm³/mol. The van der Waals surface area contributed by atoms with Crippen LogP contribution < -0.4 is 5.32 Å². The van der Waals surface area contributed by atoms with E-state index < -0.39 is 0 Å². The average Bonchev–Trinajstić information content (AvgIpc) is 3.22. The topological polar surface area (TPSA) is 15.3 Å². The van der Waals surface area contributed by atoms with Gasteiger partial charge in [-0.15, -0.1) is 0 Å². The van der Waals surface area contributed by atoms with Crippen LogP contribution >= 0.6 is 23.2 Å². The lowest BCUT2D eigenvalue weighted by molar-refractivity contribution is 0.119. The van der Waals surface area contributed by atoms with Crippen molar-refractivity contribution in [3.8, 4) is 0 Å². The first-order valence-electron chi connectivity index (χ1n) is 7.53. The zero-order valence-corrected chi connectivity index (χ0v) is 13.4. The van der Waals surface area contributed by atoms with Gasteiger partial charge >= 0.3 is 0 Å². The van der Waals surface area contributed by atoms with Crippen LogP contribution in [0.1, 0.15) is 37.3 Å². The number of likely N-dealkylation sites (tertiary alicyclic amines) is 1. The van der Waals surface area contributed by atoms with Crippen LogP contribution in [0.5, 0.6) is 0 Å². The van der Waals surface area contributed by atoms with E-state index in [0.29, 0.717) is 17.0 Å². The molecular weight excluding hydrogens is 291 g/mol. The van der Waals surface area contributed by atoms with E-state index in [1.807, 2.05) is 12.1 Å². The highest BCUT2D eigenvalue weighted by molar-refractivity contribution is 6.35. The van der Waals surface area contributed by atoms with Crippen LogP contribution in [-0.4, -0.2) is 31.1 Å². The smallest absolute Gasteiger partial charge is 0.0468 e. The van der Waals surface area contributed by atoms with Crippen LogP contribution in [0.25, 0.3) is 0 Å². The third-order valence-electron chi connectivity index (χ3n) is 4.53. The van der Waals surface area contributed by atoms with E-state index >= 15 is 0 Å². The number of benzene rings is 1. The van der Waals surface area contributed by atoms with Crippen molar-refractivity contribution in [1.82, 2.24) is 10.2 Å². The van der Waals surface area contributed by atoms with Crippen LogP contribution in [0.3, 0.4) is 0 Å². The Hall–Kier alpha value is -0.280. The second-order valence-electron chi connectivity index (χ2n) is 6.18. The maximum atomic E-state index is 6.44. The molecule has 2 aliphatic rings. The maximum Gasteiger partial charge on any atom is 0.0468 e. The van der Waals surface area contributed by atoms with Gasteiger partial charge < -0.3 is 5.32 Å². The molecule has 110 valence electrons. The van der Waals surface area contributed by atoms with Gasteiger partial charge in [0.1, 0.15) is 0 Å². The number of piperidine rings is 1. The van der Waals surface area contributed by atoms with Crippen molar-refractivity contribution in [2.75, 3.05) is 20.1 Å². The van der Waals surface area contributed by atoms with Gasteiger partial charge in [0.05, 0.1) is 0 Å². The molecule has 0 radical (unpaired) electrons. The number of hydrogen-bond acceptors (Lipinski definition) is 2. The fraction of sp³-hybridized carbons (Fsp3) is 0.625. The molecular formula is C16H22Cl2N2. The maximum absolute atomic E-state index is 6.44. The van der Waals surface area contributed by atoms with Crippen molar-refractivity contribution in [1.29, 1.82) is 0 Å². The molecule has 1 aromatic carbocycles. The highest BCUT2D eigenvalue weighted by Gasteiger charge is 2.33. The third kappa shape index (κ3) is 3.30. The Labute approximate surface area is 131 Å². The summed E-state index contributed by atoms with van der Waals surface area (Å²) in [5, 5.41) is 5.19. The highest BCUT2D eigenvalue weighted by Crippen LogP contribution is 2.39. The molecule has 1 aromatic rings. The Morgan fingerprint density at radius 3 is 2.75 bits per heavy atom. The van der Waals surface area contributed by atoms with Crippen LogP contribution in [-0.2, 0) is 0 Å². The first kappa shape index (κ1) is 14.6. The van der Waals surface area contributed by atoms with Crippen molar-refractivity contribution in [3.05, 3.63) is 33.8 Å². The van der Waals surface area contributed by atoms with Crippen LogP contribution in [0.4, 0.5) is 0 Å². The average molecular weight is 313 g/mol. The minimum Gasteiger partial charge on any atom is -0.314 e. The monoisotopic (exact) mass is 312 g/mol. The molecule has 20 heavy (non-hydrogen) atoms. The molecule has 1 N–H and O–H groups in total. The van der Waals surface area contributed by atoms with E-state index in [1.54, 1.807) is 0 Å². The quantitative estimate of drug-likeness (QED) is 0.899. The first-order chi connectivity index (χ1) is 9.65. The van der Waals surface area contributed by atoms with Gasteiger partial charge in [0.15, 0.2) is 0 Å². The van der Waals surface area contributed by atoms with Gasteiger partial charge in [-0.2, -0.15) is 0 Å². The molecule has 0 amide bonds. The molecule has 2 unspecified atom stereocenters. The molecule has 4 heteroatoms. The second-order valence-corrected chi connectivity index (χ2v) is 7.02. The molecule has 1 saturated carbocycles. The molecule has 1 aliphatic carbocycles. The van der Waals surface area contributed by atoms with Gasteiger partial charge in [0, 0.05) is 28.7 Å². The van der Waals surface area contributed by atoms with E-state index in [4.69, 9.17) is 23.2 Å². The molecule has 3 rings (SSSR count). The molecule has 0 spiro atoms. The summed E-state index contributed by atoms with van der Waals surface area (Å²) < 4.78 is 0. The van der Waals surface area contributed by atoms with Gasteiger partial charge in [-0.1, -0.05) is 29.3 Å². The van der Waals surface area contributed by atoms with Crippen molar-refractivity contribution < 1.29 is 0 Å². The highest BCUT2D eigenvalue weighted by atomic mass is 35.5. The Balaban J connectivity index is 1.80. The normalized spacial score (nSPS) is 27.8. The minimum atomic E-state index is 0.403. The van der Waals surface area contributed by atoms with Gasteiger partial charge in [0.2, 0.25) is 0 Å². The lowest BCUT2D eigenvalue weighted by Gasteiger charge is -2.40. The summed E-state index contributed by atoms with van der Waals surface area (Å²) in [6, 6.07) is 7.09. The third-order valence-corrected chi connectivity index (χ3v) is 5.10. The lowest BCUT2D eigenvalue weighted by Crippen LogP contribution is -2.41. The van der Waals surface area contributed by atoms with E-state index in [0.717, 1.165) is 24.2 Å². The minimum absolute atomic E-state index is 0.403. The van der Waals surface area contributed by atoms with Crippen molar-refractivity contribution >= 4 is 23.2 Å². The summed E-state index contributed by atoms with van der Waals surface area (Å²) in [6.45, 7) is 2.24. The fourth-order valence-corrected chi connectivity index (χ4v) is 3.83. The zero-order chi connectivity index (χ0) is 14.1. The summed E-state index contributed by atoms with van der Waals surface area (Å²) in [5.74, 6) is 0.632. The number of nitrogens with one attached hydrogen (secondary N) is 1. The van der Waals surface area contributed by atoms with Crippen molar-refractivity contribution in [2.45, 2.75) is 37.8 Å². The van der Waals surface area contributed by atoms with Crippen LogP contribution in [0.15, 0.2) is 18.2 Å². The molecule has 2 atom stereocenters. The van der Waals surface area contributed by atoms with Crippen LogP contribution in [0.2, 0.25) is 10.0 Å². The molecule has 2 nitrogen and oxygen atoms in total. The molecule has 2 fully saturated rings. The Morgan fingerprint density at radius 1 is 1.25 bits per heavy atom. The van der Waals surface area contributed by atoms with Gasteiger partial charge in [-0.05, 0) is 62.9 Å². The van der Waals surface area contributed by atoms with Crippen molar-refractivity contribution in [2.24, 2.45) is 5.92 Å². The van der Waals surface area contributed by atoms with E-state index in [1.165, 1.54) is 31.2 Å². The number of rotatable bonds is 4. The standard InChI is InChI=1S/C16H22Cl2N2/c1-20-8-2-3-11(10-19-13-5-6-13)16(20)14-7-4-12(17)9-15(14)18/h4,7,9,11,13,16,19H,2-3,5-6,8,10H2,1H3. The summed E-state index contributed by atoms with van der Waals surface area (Å²) >= 11 is 12.5. The van der Waals surface area contributed by atoms with E-state index in [2.05, 4.69) is 23.3 Å². The zero-order valence-electron chi connectivity index (χ0n) is 11.9. The fourth-order valence-electron chi connectivity index (χ4n) is 3.31. The number of nitrogens with zero attached hydrogens (tertiary/aromatic N) is 1. The van der Waals surface area contributed by atoms with Gasteiger partial charge in [-0.3, -0.25) is 4.90 Å².